The summed E-state index contributed by atoms with van der Waals surface area (Å²) < 4.78 is 104. The second kappa shape index (κ2) is 7.52. The fourth-order valence-corrected chi connectivity index (χ4v) is 3.70. The molecule has 1 fully saturated rings. The smallest absolute Gasteiger partial charge is 0.336 e. The second-order valence-electron chi connectivity index (χ2n) is 6.28. The van der Waals surface area contributed by atoms with Crippen molar-refractivity contribution in [1.29, 1.82) is 0 Å². The van der Waals surface area contributed by atoms with Gasteiger partial charge in [-0.1, -0.05) is 0 Å². The zero-order valence-electron chi connectivity index (χ0n) is 14.8. The van der Waals surface area contributed by atoms with E-state index in [1.165, 1.54) is 14.1 Å². The lowest BCUT2D eigenvalue weighted by Gasteiger charge is -2.35. The van der Waals surface area contributed by atoms with Gasteiger partial charge in [0, 0.05) is 45.8 Å². The van der Waals surface area contributed by atoms with E-state index < -0.39 is 45.2 Å². The molecule has 158 valence electrons. The first-order valence-electron chi connectivity index (χ1n) is 7.90. The summed E-state index contributed by atoms with van der Waals surface area (Å²) in [5, 5.41) is 0. The molecule has 1 saturated heterocycles. The minimum atomic E-state index is -5.06. The minimum absolute atomic E-state index is 0.0572. The highest BCUT2D eigenvalue weighted by Gasteiger charge is 2.38. The number of carbonyl (C=O) groups excluding carboxylic acids is 1. The number of hydrogen-bond acceptors (Lipinski definition) is 3. The largest absolute Gasteiger partial charge is 0.416 e. The topological polar surface area (TPSA) is 60.9 Å². The van der Waals surface area contributed by atoms with Crippen molar-refractivity contribution in [3.63, 3.8) is 0 Å². The Morgan fingerprint density at radius 3 is 1.68 bits per heavy atom. The molecule has 1 aliphatic heterocycles. The van der Waals surface area contributed by atoms with E-state index in [-0.39, 0.29) is 32.2 Å². The van der Waals surface area contributed by atoms with Crippen molar-refractivity contribution in [2.24, 2.45) is 0 Å². The van der Waals surface area contributed by atoms with Crippen molar-refractivity contribution < 1.29 is 39.6 Å². The fourth-order valence-electron chi connectivity index (χ4n) is 2.61. The van der Waals surface area contributed by atoms with E-state index in [0.717, 1.165) is 13.5 Å². The number of amides is 1. The molecule has 0 spiro atoms. The maximum absolute atomic E-state index is 12.9. The summed E-state index contributed by atoms with van der Waals surface area (Å²) in [6.07, 6.45) is -10.1. The number of halogens is 6. The molecular formula is C15H17F6N3O3S. The number of rotatable bonds is 3. The highest BCUT2D eigenvalue weighted by atomic mass is 32.2. The van der Waals surface area contributed by atoms with E-state index >= 15 is 0 Å². The van der Waals surface area contributed by atoms with Crippen LogP contribution in [0.15, 0.2) is 18.2 Å². The van der Waals surface area contributed by atoms with Gasteiger partial charge < -0.3 is 4.90 Å². The number of piperazine rings is 1. The molecule has 0 saturated carbocycles. The number of carbonyl (C=O) groups is 1. The molecule has 1 amide bonds. The van der Waals surface area contributed by atoms with Crippen LogP contribution in [0.25, 0.3) is 0 Å². The molecule has 0 bridgehead atoms. The Morgan fingerprint density at radius 1 is 0.893 bits per heavy atom. The molecule has 13 heteroatoms. The van der Waals surface area contributed by atoms with Gasteiger partial charge in [-0.3, -0.25) is 4.79 Å². The Balaban J connectivity index is 2.28. The van der Waals surface area contributed by atoms with E-state index in [1.807, 2.05) is 0 Å². The van der Waals surface area contributed by atoms with Gasteiger partial charge >= 0.3 is 12.4 Å². The summed E-state index contributed by atoms with van der Waals surface area (Å²) >= 11 is 0. The summed E-state index contributed by atoms with van der Waals surface area (Å²) in [7, 11) is -1.11. The molecule has 1 aromatic carbocycles. The molecule has 0 aromatic heterocycles. The maximum Gasteiger partial charge on any atom is 0.416 e. The average Bonchev–Trinajstić information content (AvgIpc) is 2.59. The van der Waals surface area contributed by atoms with Gasteiger partial charge in [0.2, 0.25) is 0 Å². The first-order chi connectivity index (χ1) is 12.6. The predicted molar refractivity (Wildman–Crippen MR) is 86.5 cm³/mol. The zero-order valence-corrected chi connectivity index (χ0v) is 15.6. The molecule has 1 aliphatic rings. The Labute approximate surface area is 157 Å². The highest BCUT2D eigenvalue weighted by Crippen LogP contribution is 2.36. The van der Waals surface area contributed by atoms with Crippen molar-refractivity contribution in [2.75, 3.05) is 40.3 Å². The summed E-state index contributed by atoms with van der Waals surface area (Å²) in [6.45, 7) is -0.582. The highest BCUT2D eigenvalue weighted by molar-refractivity contribution is 7.86. The standard InChI is InChI=1S/C15H17F6N3O3S/c1-22(2)28(26,27)24-5-3-23(4-6-24)13(25)10-7-11(14(16,17)18)9-12(8-10)15(19,20)21/h7-9H,3-6H2,1-2H3. The van der Waals surface area contributed by atoms with E-state index in [2.05, 4.69) is 0 Å². The number of benzene rings is 1. The van der Waals surface area contributed by atoms with Crippen molar-refractivity contribution >= 4 is 16.1 Å². The molecular weight excluding hydrogens is 416 g/mol. The Bertz CT molecular complexity index is 811. The van der Waals surface area contributed by atoms with Crippen LogP contribution in [-0.2, 0) is 22.6 Å². The lowest BCUT2D eigenvalue weighted by atomic mass is 10.0. The van der Waals surface area contributed by atoms with Gasteiger partial charge in [-0.2, -0.15) is 43.4 Å². The van der Waals surface area contributed by atoms with Crippen LogP contribution in [-0.4, -0.2) is 68.1 Å². The number of hydrogen-bond donors (Lipinski definition) is 0. The Morgan fingerprint density at radius 2 is 1.32 bits per heavy atom. The molecule has 6 nitrogen and oxygen atoms in total. The average molecular weight is 433 g/mol. The van der Waals surface area contributed by atoms with Crippen LogP contribution < -0.4 is 0 Å². The van der Waals surface area contributed by atoms with Crippen molar-refractivity contribution in [2.45, 2.75) is 12.4 Å². The van der Waals surface area contributed by atoms with Crippen LogP contribution in [0.2, 0.25) is 0 Å². The van der Waals surface area contributed by atoms with Crippen LogP contribution >= 0.6 is 0 Å². The molecule has 2 rings (SSSR count). The lowest BCUT2D eigenvalue weighted by Crippen LogP contribution is -2.53. The third-order valence-corrected chi connectivity index (χ3v) is 6.09. The SMILES string of the molecule is CN(C)S(=O)(=O)N1CCN(C(=O)c2cc(C(F)(F)F)cc(C(F)(F)F)c2)CC1. The van der Waals surface area contributed by atoms with Crippen LogP contribution in [0.3, 0.4) is 0 Å². The molecule has 1 aromatic rings. The molecule has 28 heavy (non-hydrogen) atoms. The van der Waals surface area contributed by atoms with Crippen LogP contribution in [0.4, 0.5) is 26.3 Å². The van der Waals surface area contributed by atoms with E-state index in [9.17, 15) is 39.6 Å². The van der Waals surface area contributed by atoms with Crippen LogP contribution in [0.1, 0.15) is 21.5 Å². The van der Waals surface area contributed by atoms with E-state index in [4.69, 9.17) is 0 Å². The molecule has 0 N–H and O–H groups in total. The number of alkyl halides is 6. The van der Waals surface area contributed by atoms with Crippen LogP contribution in [0, 0.1) is 0 Å². The Hall–Kier alpha value is -1.86. The monoisotopic (exact) mass is 433 g/mol. The minimum Gasteiger partial charge on any atom is -0.336 e. The summed E-state index contributed by atoms with van der Waals surface area (Å²) in [6, 6.07) is 0.666. The predicted octanol–water partition coefficient (Wildman–Crippen LogP) is 2.29. The zero-order chi connectivity index (χ0) is 21.5. The van der Waals surface area contributed by atoms with Crippen LogP contribution in [0.5, 0.6) is 0 Å². The van der Waals surface area contributed by atoms with Gasteiger partial charge in [0.1, 0.15) is 0 Å². The van der Waals surface area contributed by atoms with Gasteiger partial charge in [-0.25, -0.2) is 0 Å². The Kier molecular flexibility index (Phi) is 6.02. The molecule has 0 aliphatic carbocycles. The van der Waals surface area contributed by atoms with Gasteiger partial charge in [0.05, 0.1) is 11.1 Å². The van der Waals surface area contributed by atoms with Gasteiger partial charge in [0.25, 0.3) is 16.1 Å². The van der Waals surface area contributed by atoms with E-state index in [1.54, 1.807) is 0 Å². The normalized spacial score (nSPS) is 17.2. The summed E-state index contributed by atoms with van der Waals surface area (Å²) in [5.74, 6) is -1.03. The summed E-state index contributed by atoms with van der Waals surface area (Å²) in [4.78, 5) is 13.5. The van der Waals surface area contributed by atoms with Crippen molar-refractivity contribution in [1.82, 2.24) is 13.5 Å². The first kappa shape index (κ1) is 22.4. The fraction of sp³-hybridized carbons (Fsp3) is 0.533. The molecule has 0 atom stereocenters. The molecule has 1 heterocycles. The lowest BCUT2D eigenvalue weighted by molar-refractivity contribution is -0.143. The van der Waals surface area contributed by atoms with Crippen molar-refractivity contribution in [3.05, 3.63) is 34.9 Å². The number of nitrogens with zero attached hydrogens (tertiary/aromatic N) is 3. The molecule has 0 radical (unpaired) electrons. The van der Waals surface area contributed by atoms with Gasteiger partial charge in [-0.05, 0) is 18.2 Å². The van der Waals surface area contributed by atoms with Gasteiger partial charge in [-0.15, -0.1) is 0 Å². The maximum atomic E-state index is 12.9. The first-order valence-corrected chi connectivity index (χ1v) is 9.30. The van der Waals surface area contributed by atoms with Gasteiger partial charge in [0.15, 0.2) is 0 Å². The quantitative estimate of drug-likeness (QED) is 0.688. The third kappa shape index (κ3) is 4.75. The summed E-state index contributed by atoms with van der Waals surface area (Å²) in [5.41, 5.74) is -3.93. The molecule has 0 unspecified atom stereocenters. The third-order valence-electron chi connectivity index (χ3n) is 4.15. The van der Waals surface area contributed by atoms with E-state index in [0.29, 0.717) is 12.1 Å². The van der Waals surface area contributed by atoms with Crippen molar-refractivity contribution in [3.8, 4) is 0 Å². The second-order valence-corrected chi connectivity index (χ2v) is 8.42.